The molecule has 7 heteroatoms. The summed E-state index contributed by atoms with van der Waals surface area (Å²) in [7, 11) is 0. The lowest BCUT2D eigenvalue weighted by molar-refractivity contribution is -0.148. The molecule has 2 atom stereocenters. The first-order valence-electron chi connectivity index (χ1n) is 5.86. The van der Waals surface area contributed by atoms with E-state index in [1.165, 1.54) is 0 Å². The van der Waals surface area contributed by atoms with Crippen LogP contribution in [-0.2, 0) is 19.1 Å². The Labute approximate surface area is 106 Å². The summed E-state index contributed by atoms with van der Waals surface area (Å²) in [4.78, 5) is 33.4. The number of nitrogens with two attached hydrogens (primary N) is 1. The SMILES string of the molecule is CCCC(CC(=O)O)NC(=O)C(N)C(=O)OCC. The van der Waals surface area contributed by atoms with Crippen molar-refractivity contribution in [3.63, 3.8) is 0 Å². The molecule has 1 amide bonds. The van der Waals surface area contributed by atoms with Gasteiger partial charge >= 0.3 is 11.9 Å². The summed E-state index contributed by atoms with van der Waals surface area (Å²) in [5, 5.41) is 11.1. The van der Waals surface area contributed by atoms with Gasteiger partial charge in [0.05, 0.1) is 13.0 Å². The van der Waals surface area contributed by atoms with Crippen LogP contribution in [0.4, 0.5) is 0 Å². The molecule has 0 saturated carbocycles. The van der Waals surface area contributed by atoms with E-state index in [4.69, 9.17) is 10.8 Å². The van der Waals surface area contributed by atoms with Crippen molar-refractivity contribution >= 4 is 17.8 Å². The molecule has 0 aromatic rings. The number of carbonyl (C=O) groups is 3. The van der Waals surface area contributed by atoms with E-state index in [0.717, 1.165) is 0 Å². The quantitative estimate of drug-likeness (QED) is 0.405. The summed E-state index contributed by atoms with van der Waals surface area (Å²) in [5.41, 5.74) is 5.39. The third-order valence-electron chi connectivity index (χ3n) is 2.23. The fourth-order valence-corrected chi connectivity index (χ4v) is 1.41. The van der Waals surface area contributed by atoms with Crippen LogP contribution >= 0.6 is 0 Å². The molecule has 0 spiro atoms. The summed E-state index contributed by atoms with van der Waals surface area (Å²) in [6.07, 6.45) is 1.02. The van der Waals surface area contributed by atoms with Gasteiger partial charge in [-0.25, -0.2) is 4.79 Å². The second-order valence-corrected chi connectivity index (χ2v) is 3.82. The van der Waals surface area contributed by atoms with Crippen LogP contribution in [0.1, 0.15) is 33.1 Å². The van der Waals surface area contributed by atoms with E-state index >= 15 is 0 Å². The van der Waals surface area contributed by atoms with Crippen molar-refractivity contribution in [1.82, 2.24) is 5.32 Å². The van der Waals surface area contributed by atoms with Gasteiger partial charge in [0.15, 0.2) is 6.04 Å². The largest absolute Gasteiger partial charge is 0.481 e. The van der Waals surface area contributed by atoms with Gasteiger partial charge in [-0.3, -0.25) is 9.59 Å². The number of ether oxygens (including phenoxy) is 1. The van der Waals surface area contributed by atoms with Gasteiger partial charge in [-0.1, -0.05) is 13.3 Å². The molecule has 0 radical (unpaired) electrons. The second kappa shape index (κ2) is 8.46. The molecule has 7 nitrogen and oxygen atoms in total. The molecule has 0 bridgehead atoms. The Morgan fingerprint density at radius 1 is 1.33 bits per heavy atom. The zero-order chi connectivity index (χ0) is 14.1. The molecule has 0 fully saturated rings. The molecule has 0 rings (SSSR count). The Balaban J connectivity index is 4.39. The van der Waals surface area contributed by atoms with Crippen LogP contribution in [0, 0.1) is 0 Å². The van der Waals surface area contributed by atoms with Crippen LogP contribution < -0.4 is 11.1 Å². The molecule has 0 aliphatic carbocycles. The van der Waals surface area contributed by atoms with Gasteiger partial charge in [0.1, 0.15) is 0 Å². The predicted octanol–water partition coefficient (Wildman–Crippen LogP) is -0.364. The number of carbonyl (C=O) groups excluding carboxylic acids is 2. The minimum Gasteiger partial charge on any atom is -0.481 e. The summed E-state index contributed by atoms with van der Waals surface area (Å²) in [5.74, 6) is -2.55. The van der Waals surface area contributed by atoms with Gasteiger partial charge in [0.2, 0.25) is 5.91 Å². The minimum absolute atomic E-state index is 0.132. The molecule has 0 heterocycles. The molecule has 2 unspecified atom stereocenters. The first-order valence-corrected chi connectivity index (χ1v) is 5.86. The third-order valence-corrected chi connectivity index (χ3v) is 2.23. The van der Waals surface area contributed by atoms with Crippen LogP contribution in [0.25, 0.3) is 0 Å². The first-order chi connectivity index (χ1) is 8.42. The van der Waals surface area contributed by atoms with Gasteiger partial charge < -0.3 is 20.9 Å². The highest BCUT2D eigenvalue weighted by atomic mass is 16.5. The number of aliphatic carboxylic acids is 1. The van der Waals surface area contributed by atoms with Gasteiger partial charge in [-0.2, -0.15) is 0 Å². The monoisotopic (exact) mass is 260 g/mol. The lowest BCUT2D eigenvalue weighted by Gasteiger charge is -2.18. The summed E-state index contributed by atoms with van der Waals surface area (Å²) >= 11 is 0. The second-order valence-electron chi connectivity index (χ2n) is 3.82. The number of amides is 1. The Kier molecular flexibility index (Phi) is 7.69. The predicted molar refractivity (Wildman–Crippen MR) is 63.7 cm³/mol. The minimum atomic E-state index is -1.42. The van der Waals surface area contributed by atoms with Gasteiger partial charge in [0.25, 0.3) is 0 Å². The number of carboxylic acid groups (broad SMARTS) is 1. The standard InChI is InChI=1S/C11H20N2O5/c1-3-5-7(6-8(14)15)13-10(16)9(12)11(17)18-4-2/h7,9H,3-6,12H2,1-2H3,(H,13,16)(H,14,15). The van der Waals surface area contributed by atoms with E-state index in [1.54, 1.807) is 6.92 Å². The number of carboxylic acids is 1. The topological polar surface area (TPSA) is 119 Å². The molecular formula is C11H20N2O5. The average molecular weight is 260 g/mol. The fraction of sp³-hybridized carbons (Fsp3) is 0.727. The van der Waals surface area contributed by atoms with E-state index in [0.29, 0.717) is 12.8 Å². The average Bonchev–Trinajstić information content (AvgIpc) is 2.27. The van der Waals surface area contributed by atoms with E-state index in [1.807, 2.05) is 6.92 Å². The lowest BCUT2D eigenvalue weighted by Crippen LogP contribution is -2.50. The normalized spacial score (nSPS) is 13.5. The van der Waals surface area contributed by atoms with E-state index in [2.05, 4.69) is 10.1 Å². The zero-order valence-corrected chi connectivity index (χ0v) is 10.6. The molecule has 0 aromatic heterocycles. The zero-order valence-electron chi connectivity index (χ0n) is 10.6. The number of hydrogen-bond acceptors (Lipinski definition) is 5. The highest BCUT2D eigenvalue weighted by Crippen LogP contribution is 2.02. The van der Waals surface area contributed by atoms with Crippen molar-refractivity contribution in [2.45, 2.75) is 45.2 Å². The van der Waals surface area contributed by atoms with Crippen LogP contribution in [0.5, 0.6) is 0 Å². The Morgan fingerprint density at radius 3 is 2.39 bits per heavy atom. The number of rotatable bonds is 8. The molecule has 0 aromatic carbocycles. The van der Waals surface area contributed by atoms with Crippen molar-refractivity contribution in [2.24, 2.45) is 5.73 Å². The van der Waals surface area contributed by atoms with E-state index < -0.39 is 29.9 Å². The van der Waals surface area contributed by atoms with Crippen molar-refractivity contribution < 1.29 is 24.2 Å². The van der Waals surface area contributed by atoms with Gasteiger partial charge in [0, 0.05) is 6.04 Å². The van der Waals surface area contributed by atoms with Crippen LogP contribution in [0.2, 0.25) is 0 Å². The highest BCUT2D eigenvalue weighted by molar-refractivity contribution is 6.01. The first kappa shape index (κ1) is 16.4. The maximum absolute atomic E-state index is 11.6. The van der Waals surface area contributed by atoms with Crippen LogP contribution in [0.15, 0.2) is 0 Å². The van der Waals surface area contributed by atoms with Crippen molar-refractivity contribution in [3.05, 3.63) is 0 Å². The Bertz CT molecular complexity index is 306. The number of nitrogens with one attached hydrogen (secondary N) is 1. The maximum Gasteiger partial charge on any atom is 0.332 e. The Morgan fingerprint density at radius 2 is 1.94 bits per heavy atom. The summed E-state index contributed by atoms with van der Waals surface area (Å²) in [6, 6.07) is -1.95. The van der Waals surface area contributed by atoms with Crippen molar-refractivity contribution in [2.75, 3.05) is 6.61 Å². The van der Waals surface area contributed by atoms with Crippen molar-refractivity contribution in [1.29, 1.82) is 0 Å². The number of hydrogen-bond donors (Lipinski definition) is 3. The highest BCUT2D eigenvalue weighted by Gasteiger charge is 2.26. The summed E-state index contributed by atoms with van der Waals surface area (Å²) in [6.45, 7) is 3.60. The molecule has 0 aliphatic heterocycles. The smallest absolute Gasteiger partial charge is 0.332 e. The molecular weight excluding hydrogens is 240 g/mol. The van der Waals surface area contributed by atoms with Gasteiger partial charge in [-0.05, 0) is 13.3 Å². The van der Waals surface area contributed by atoms with Gasteiger partial charge in [-0.15, -0.1) is 0 Å². The van der Waals surface area contributed by atoms with E-state index in [-0.39, 0.29) is 13.0 Å². The third kappa shape index (κ3) is 6.19. The van der Waals surface area contributed by atoms with Crippen LogP contribution in [-0.4, -0.2) is 41.6 Å². The van der Waals surface area contributed by atoms with Crippen LogP contribution in [0.3, 0.4) is 0 Å². The molecule has 0 saturated heterocycles. The number of esters is 1. The molecule has 4 N–H and O–H groups in total. The fourth-order valence-electron chi connectivity index (χ4n) is 1.41. The van der Waals surface area contributed by atoms with E-state index in [9.17, 15) is 14.4 Å². The molecule has 104 valence electrons. The lowest BCUT2D eigenvalue weighted by atomic mass is 10.1. The summed E-state index contributed by atoms with van der Waals surface area (Å²) < 4.78 is 4.61. The Hall–Kier alpha value is -1.63. The molecule has 0 aliphatic rings. The maximum atomic E-state index is 11.6. The molecule has 18 heavy (non-hydrogen) atoms. The van der Waals surface area contributed by atoms with Crippen molar-refractivity contribution in [3.8, 4) is 0 Å².